The molecule has 0 aliphatic carbocycles. The third kappa shape index (κ3) is 3.19. The molecule has 20 heavy (non-hydrogen) atoms. The van der Waals surface area contributed by atoms with Gasteiger partial charge in [-0.15, -0.1) is 0 Å². The van der Waals surface area contributed by atoms with E-state index in [0.29, 0.717) is 19.0 Å². The second kappa shape index (κ2) is 6.86. The average molecular weight is 276 g/mol. The quantitative estimate of drug-likeness (QED) is 0.891. The van der Waals surface area contributed by atoms with Crippen molar-refractivity contribution in [1.29, 1.82) is 0 Å². The number of anilines is 1. The first-order valence-corrected chi connectivity index (χ1v) is 7.37. The largest absolute Gasteiger partial charge is 0.395 e. The SMILES string of the molecule is CCN(C(=O)CN1CCC(C)C1CO)c1ccccc1. The Bertz CT molecular complexity index is 435. The van der Waals surface area contributed by atoms with Gasteiger partial charge in [-0.1, -0.05) is 25.1 Å². The fourth-order valence-electron chi connectivity index (χ4n) is 2.95. The molecule has 1 aromatic carbocycles. The molecule has 0 bridgehead atoms. The van der Waals surface area contributed by atoms with E-state index in [1.165, 1.54) is 0 Å². The summed E-state index contributed by atoms with van der Waals surface area (Å²) in [4.78, 5) is 16.4. The molecule has 1 aliphatic heterocycles. The Balaban J connectivity index is 2.03. The monoisotopic (exact) mass is 276 g/mol. The van der Waals surface area contributed by atoms with Crippen LogP contribution in [0.25, 0.3) is 0 Å². The van der Waals surface area contributed by atoms with Gasteiger partial charge in [0, 0.05) is 18.3 Å². The highest BCUT2D eigenvalue weighted by Gasteiger charge is 2.32. The van der Waals surface area contributed by atoms with E-state index in [1.807, 2.05) is 37.3 Å². The van der Waals surface area contributed by atoms with Crippen LogP contribution in [-0.4, -0.2) is 48.2 Å². The minimum atomic E-state index is 0.103. The number of hydrogen-bond donors (Lipinski definition) is 1. The highest BCUT2D eigenvalue weighted by molar-refractivity contribution is 5.94. The van der Waals surface area contributed by atoms with Crippen LogP contribution in [0.2, 0.25) is 0 Å². The number of rotatable bonds is 5. The van der Waals surface area contributed by atoms with Gasteiger partial charge in [-0.25, -0.2) is 0 Å². The van der Waals surface area contributed by atoms with Gasteiger partial charge in [-0.05, 0) is 37.9 Å². The molecule has 1 saturated heterocycles. The summed E-state index contributed by atoms with van der Waals surface area (Å²) in [5.41, 5.74) is 0.938. The van der Waals surface area contributed by atoms with Crippen LogP contribution in [-0.2, 0) is 4.79 Å². The number of carbonyl (C=O) groups is 1. The highest BCUT2D eigenvalue weighted by atomic mass is 16.3. The average Bonchev–Trinajstić information content (AvgIpc) is 2.81. The van der Waals surface area contributed by atoms with E-state index in [9.17, 15) is 9.90 Å². The van der Waals surface area contributed by atoms with Gasteiger partial charge in [0.05, 0.1) is 13.2 Å². The van der Waals surface area contributed by atoms with Crippen LogP contribution < -0.4 is 4.90 Å². The van der Waals surface area contributed by atoms with Crippen molar-refractivity contribution in [1.82, 2.24) is 4.90 Å². The van der Waals surface area contributed by atoms with Crippen molar-refractivity contribution >= 4 is 11.6 Å². The van der Waals surface area contributed by atoms with Crippen molar-refractivity contribution < 1.29 is 9.90 Å². The molecular formula is C16H24N2O2. The minimum absolute atomic E-state index is 0.103. The maximum absolute atomic E-state index is 12.5. The molecule has 1 heterocycles. The zero-order chi connectivity index (χ0) is 14.5. The van der Waals surface area contributed by atoms with Crippen LogP contribution in [0.1, 0.15) is 20.3 Å². The predicted octanol–water partition coefficient (Wildman–Crippen LogP) is 1.74. The molecule has 2 rings (SSSR count). The summed E-state index contributed by atoms with van der Waals surface area (Å²) >= 11 is 0. The number of nitrogens with zero attached hydrogens (tertiary/aromatic N) is 2. The Morgan fingerprint density at radius 3 is 2.70 bits per heavy atom. The maximum Gasteiger partial charge on any atom is 0.241 e. The van der Waals surface area contributed by atoms with Gasteiger partial charge in [0.15, 0.2) is 0 Å². The Hall–Kier alpha value is -1.39. The summed E-state index contributed by atoms with van der Waals surface area (Å²) in [6.07, 6.45) is 1.05. The van der Waals surface area contributed by atoms with Crippen LogP contribution in [0.5, 0.6) is 0 Å². The highest BCUT2D eigenvalue weighted by Crippen LogP contribution is 2.23. The van der Waals surface area contributed by atoms with Gasteiger partial charge in [-0.2, -0.15) is 0 Å². The minimum Gasteiger partial charge on any atom is -0.395 e. The van der Waals surface area contributed by atoms with E-state index >= 15 is 0 Å². The molecule has 1 aromatic rings. The van der Waals surface area contributed by atoms with E-state index in [1.54, 1.807) is 4.90 Å². The zero-order valence-corrected chi connectivity index (χ0v) is 12.3. The molecule has 110 valence electrons. The van der Waals surface area contributed by atoms with Crippen molar-refractivity contribution in [2.75, 3.05) is 31.1 Å². The van der Waals surface area contributed by atoms with Crippen molar-refractivity contribution in [3.8, 4) is 0 Å². The number of aliphatic hydroxyl groups excluding tert-OH is 1. The van der Waals surface area contributed by atoms with Gasteiger partial charge >= 0.3 is 0 Å². The molecule has 0 spiro atoms. The second-order valence-electron chi connectivity index (χ2n) is 5.46. The van der Waals surface area contributed by atoms with Gasteiger partial charge in [0.1, 0.15) is 0 Å². The van der Waals surface area contributed by atoms with Crippen molar-refractivity contribution in [3.05, 3.63) is 30.3 Å². The molecule has 0 radical (unpaired) electrons. The van der Waals surface area contributed by atoms with Gasteiger partial charge < -0.3 is 10.0 Å². The standard InChI is InChI=1S/C16H24N2O2/c1-3-18(14-7-5-4-6-8-14)16(20)11-17-10-9-13(2)15(17)12-19/h4-8,13,15,19H,3,9-12H2,1-2H3. The Labute approximate surface area is 121 Å². The molecule has 1 N–H and O–H groups in total. The van der Waals surface area contributed by atoms with E-state index < -0.39 is 0 Å². The van der Waals surface area contributed by atoms with E-state index in [-0.39, 0.29) is 18.6 Å². The molecule has 1 fully saturated rings. The van der Waals surface area contributed by atoms with Crippen LogP contribution in [0.15, 0.2) is 30.3 Å². The molecule has 0 aromatic heterocycles. The van der Waals surface area contributed by atoms with Crippen molar-refractivity contribution in [2.45, 2.75) is 26.3 Å². The number of hydrogen-bond acceptors (Lipinski definition) is 3. The fraction of sp³-hybridized carbons (Fsp3) is 0.562. The van der Waals surface area contributed by atoms with Crippen LogP contribution >= 0.6 is 0 Å². The van der Waals surface area contributed by atoms with Gasteiger partial charge in [0.2, 0.25) is 5.91 Å². The van der Waals surface area contributed by atoms with Crippen molar-refractivity contribution in [2.24, 2.45) is 5.92 Å². The summed E-state index contributed by atoms with van der Waals surface area (Å²) in [6.45, 7) is 6.20. The Kier molecular flexibility index (Phi) is 5.15. The van der Waals surface area contributed by atoms with E-state index in [0.717, 1.165) is 18.7 Å². The topological polar surface area (TPSA) is 43.8 Å². The normalized spacial score (nSPS) is 22.9. The number of para-hydroxylation sites is 1. The summed E-state index contributed by atoms with van der Waals surface area (Å²) in [6, 6.07) is 9.87. The Morgan fingerprint density at radius 2 is 2.10 bits per heavy atom. The van der Waals surface area contributed by atoms with Gasteiger partial charge in [0.25, 0.3) is 0 Å². The van der Waals surface area contributed by atoms with Crippen LogP contribution in [0.4, 0.5) is 5.69 Å². The molecule has 2 atom stereocenters. The van der Waals surface area contributed by atoms with Crippen LogP contribution in [0.3, 0.4) is 0 Å². The molecule has 1 amide bonds. The first-order chi connectivity index (χ1) is 9.67. The number of amides is 1. The predicted molar refractivity (Wildman–Crippen MR) is 80.7 cm³/mol. The lowest BCUT2D eigenvalue weighted by molar-refractivity contribution is -0.120. The summed E-state index contributed by atoms with van der Waals surface area (Å²) in [5.74, 6) is 0.561. The number of benzene rings is 1. The fourth-order valence-corrected chi connectivity index (χ4v) is 2.95. The Morgan fingerprint density at radius 1 is 1.40 bits per heavy atom. The van der Waals surface area contributed by atoms with Crippen LogP contribution in [0, 0.1) is 5.92 Å². The van der Waals surface area contributed by atoms with Crippen molar-refractivity contribution in [3.63, 3.8) is 0 Å². The number of likely N-dealkylation sites (tertiary alicyclic amines) is 1. The first kappa shape index (κ1) is 15.0. The van der Waals surface area contributed by atoms with E-state index in [2.05, 4.69) is 11.8 Å². The summed E-state index contributed by atoms with van der Waals surface area (Å²) in [7, 11) is 0. The summed E-state index contributed by atoms with van der Waals surface area (Å²) in [5, 5.41) is 9.47. The molecule has 2 unspecified atom stereocenters. The number of carbonyl (C=O) groups excluding carboxylic acids is 1. The third-order valence-corrected chi connectivity index (χ3v) is 4.21. The lowest BCUT2D eigenvalue weighted by Gasteiger charge is -2.28. The number of aliphatic hydroxyl groups is 1. The van der Waals surface area contributed by atoms with E-state index in [4.69, 9.17) is 0 Å². The molecule has 1 aliphatic rings. The smallest absolute Gasteiger partial charge is 0.241 e. The second-order valence-corrected chi connectivity index (χ2v) is 5.46. The first-order valence-electron chi connectivity index (χ1n) is 7.37. The third-order valence-electron chi connectivity index (χ3n) is 4.21. The lowest BCUT2D eigenvalue weighted by atomic mass is 10.0. The molecular weight excluding hydrogens is 252 g/mol. The summed E-state index contributed by atoms with van der Waals surface area (Å²) < 4.78 is 0. The number of likely N-dealkylation sites (N-methyl/N-ethyl adjacent to an activating group) is 1. The maximum atomic E-state index is 12.5. The zero-order valence-electron chi connectivity index (χ0n) is 12.3. The molecule has 0 saturated carbocycles. The van der Waals surface area contributed by atoms with Gasteiger partial charge in [-0.3, -0.25) is 9.69 Å². The molecule has 4 nitrogen and oxygen atoms in total. The molecule has 4 heteroatoms. The lowest BCUT2D eigenvalue weighted by Crippen LogP contribution is -2.44.